The zero-order chi connectivity index (χ0) is 14.4. The summed E-state index contributed by atoms with van der Waals surface area (Å²) in [5.74, 6) is 0.781. The van der Waals surface area contributed by atoms with Gasteiger partial charge in [0.1, 0.15) is 6.33 Å². The van der Waals surface area contributed by atoms with Gasteiger partial charge in [-0.1, -0.05) is 29.5 Å². The average molecular weight is 293 g/mol. The van der Waals surface area contributed by atoms with Gasteiger partial charge in [0.15, 0.2) is 5.16 Å². The van der Waals surface area contributed by atoms with Gasteiger partial charge in [0.25, 0.3) is 0 Å². The Balaban J connectivity index is 2.04. The van der Waals surface area contributed by atoms with Crippen LogP contribution in [0, 0.1) is 13.8 Å². The molecule has 2 rings (SSSR count). The third-order valence-corrected chi connectivity index (χ3v) is 3.73. The maximum Gasteiger partial charge on any atom is 0.195 e. The first-order valence-corrected chi connectivity index (χ1v) is 7.50. The second-order valence-corrected chi connectivity index (χ2v) is 5.52. The van der Waals surface area contributed by atoms with E-state index in [0.717, 1.165) is 16.6 Å². The summed E-state index contributed by atoms with van der Waals surface area (Å²) >= 11 is 1.59. The van der Waals surface area contributed by atoms with Crippen molar-refractivity contribution in [3.8, 4) is 5.69 Å². The Morgan fingerprint density at radius 3 is 2.90 bits per heavy atom. The third kappa shape index (κ3) is 3.82. The number of aliphatic hydroxyl groups excluding tert-OH is 1. The second-order valence-electron chi connectivity index (χ2n) is 4.46. The Morgan fingerprint density at radius 2 is 2.15 bits per heavy atom. The van der Waals surface area contributed by atoms with Crippen molar-refractivity contribution < 1.29 is 9.84 Å². The normalized spacial score (nSPS) is 10.9. The van der Waals surface area contributed by atoms with E-state index in [0.29, 0.717) is 13.2 Å². The lowest BCUT2D eigenvalue weighted by Gasteiger charge is -2.10. The molecule has 2 aromatic rings. The quantitative estimate of drug-likeness (QED) is 0.625. The van der Waals surface area contributed by atoms with Gasteiger partial charge in [0, 0.05) is 5.75 Å². The summed E-state index contributed by atoms with van der Waals surface area (Å²) in [5.41, 5.74) is 3.54. The molecule has 0 bridgehead atoms. The topological polar surface area (TPSA) is 60.2 Å². The first-order valence-electron chi connectivity index (χ1n) is 6.51. The van der Waals surface area contributed by atoms with E-state index in [4.69, 9.17) is 9.84 Å². The van der Waals surface area contributed by atoms with Gasteiger partial charge in [0.2, 0.25) is 0 Å². The van der Waals surface area contributed by atoms with Crippen molar-refractivity contribution in [3.05, 3.63) is 35.7 Å². The Bertz CT molecular complexity index is 557. The molecule has 1 aromatic heterocycles. The van der Waals surface area contributed by atoms with Crippen molar-refractivity contribution in [2.24, 2.45) is 0 Å². The molecule has 0 saturated heterocycles. The molecule has 20 heavy (non-hydrogen) atoms. The number of aliphatic hydroxyl groups is 1. The monoisotopic (exact) mass is 293 g/mol. The van der Waals surface area contributed by atoms with Crippen LogP contribution < -0.4 is 0 Å². The summed E-state index contributed by atoms with van der Waals surface area (Å²) in [7, 11) is 0. The lowest BCUT2D eigenvalue weighted by molar-refractivity contribution is 0.103. The van der Waals surface area contributed by atoms with Gasteiger partial charge in [0.05, 0.1) is 25.5 Å². The van der Waals surface area contributed by atoms with Crippen LogP contribution >= 0.6 is 11.8 Å². The van der Waals surface area contributed by atoms with E-state index in [2.05, 4.69) is 42.2 Å². The lowest BCUT2D eigenvalue weighted by Crippen LogP contribution is -2.04. The number of nitrogens with zero attached hydrogens (tertiary/aromatic N) is 3. The molecule has 0 aliphatic heterocycles. The summed E-state index contributed by atoms with van der Waals surface area (Å²) in [5, 5.41) is 17.6. The van der Waals surface area contributed by atoms with Crippen molar-refractivity contribution in [1.82, 2.24) is 14.8 Å². The summed E-state index contributed by atoms with van der Waals surface area (Å²) in [4.78, 5) is 0. The highest BCUT2D eigenvalue weighted by Crippen LogP contribution is 2.22. The molecule has 0 aliphatic rings. The van der Waals surface area contributed by atoms with Crippen molar-refractivity contribution in [1.29, 1.82) is 0 Å². The number of benzene rings is 1. The average Bonchev–Trinajstić information content (AvgIpc) is 2.87. The highest BCUT2D eigenvalue weighted by molar-refractivity contribution is 7.99. The fourth-order valence-electron chi connectivity index (χ4n) is 1.92. The molecular weight excluding hydrogens is 274 g/mol. The smallest absolute Gasteiger partial charge is 0.195 e. The summed E-state index contributed by atoms with van der Waals surface area (Å²) < 4.78 is 7.23. The van der Waals surface area contributed by atoms with Crippen LogP contribution in [-0.4, -0.2) is 45.4 Å². The number of hydrogen-bond acceptors (Lipinski definition) is 5. The predicted octanol–water partition coefficient (Wildman–Crippen LogP) is 1.99. The number of thioether (sulfide) groups is 1. The molecule has 108 valence electrons. The number of hydrogen-bond donors (Lipinski definition) is 1. The van der Waals surface area contributed by atoms with E-state index < -0.39 is 0 Å². The highest BCUT2D eigenvalue weighted by atomic mass is 32.2. The molecule has 1 heterocycles. The number of aromatic nitrogens is 3. The minimum absolute atomic E-state index is 0.0589. The maximum absolute atomic E-state index is 8.64. The molecule has 0 spiro atoms. The van der Waals surface area contributed by atoms with Gasteiger partial charge in [-0.25, -0.2) is 0 Å². The molecule has 0 saturated carbocycles. The third-order valence-electron chi connectivity index (χ3n) is 2.82. The molecule has 0 amide bonds. The summed E-state index contributed by atoms with van der Waals surface area (Å²) in [6.07, 6.45) is 1.73. The molecule has 0 unspecified atom stereocenters. The van der Waals surface area contributed by atoms with E-state index in [1.807, 2.05) is 4.57 Å². The Kier molecular flexibility index (Phi) is 5.58. The minimum Gasteiger partial charge on any atom is -0.394 e. The molecule has 5 nitrogen and oxygen atoms in total. The fourth-order valence-corrected chi connectivity index (χ4v) is 2.70. The maximum atomic E-state index is 8.64. The van der Waals surface area contributed by atoms with Crippen LogP contribution in [0.4, 0.5) is 0 Å². The van der Waals surface area contributed by atoms with Crippen LogP contribution in [0.3, 0.4) is 0 Å². The van der Waals surface area contributed by atoms with Crippen LogP contribution in [0.2, 0.25) is 0 Å². The van der Waals surface area contributed by atoms with E-state index in [1.54, 1.807) is 18.1 Å². The van der Waals surface area contributed by atoms with Gasteiger partial charge in [-0.05, 0) is 25.5 Å². The number of aryl methyl sites for hydroxylation is 2. The summed E-state index contributed by atoms with van der Waals surface area (Å²) in [6.45, 7) is 5.19. The molecule has 1 N–H and O–H groups in total. The number of rotatable bonds is 7. The minimum atomic E-state index is 0.0589. The predicted molar refractivity (Wildman–Crippen MR) is 79.5 cm³/mol. The zero-order valence-electron chi connectivity index (χ0n) is 11.7. The van der Waals surface area contributed by atoms with Crippen LogP contribution in [-0.2, 0) is 4.74 Å². The van der Waals surface area contributed by atoms with E-state index in [-0.39, 0.29) is 6.61 Å². The molecule has 0 radical (unpaired) electrons. The molecule has 0 fully saturated rings. The van der Waals surface area contributed by atoms with Gasteiger partial charge in [-0.15, -0.1) is 10.2 Å². The van der Waals surface area contributed by atoms with Gasteiger partial charge < -0.3 is 9.84 Å². The van der Waals surface area contributed by atoms with E-state index in [1.165, 1.54) is 11.1 Å². The van der Waals surface area contributed by atoms with Crippen molar-refractivity contribution in [2.45, 2.75) is 19.0 Å². The summed E-state index contributed by atoms with van der Waals surface area (Å²) in [6, 6.07) is 6.32. The van der Waals surface area contributed by atoms with Gasteiger partial charge in [-0.2, -0.15) is 0 Å². The van der Waals surface area contributed by atoms with Crippen LogP contribution in [0.25, 0.3) is 5.69 Å². The lowest BCUT2D eigenvalue weighted by atomic mass is 10.1. The second kappa shape index (κ2) is 7.42. The molecular formula is C14H19N3O2S. The van der Waals surface area contributed by atoms with Gasteiger partial charge in [-0.3, -0.25) is 4.57 Å². The molecule has 0 aliphatic carbocycles. The van der Waals surface area contributed by atoms with Crippen LogP contribution in [0.1, 0.15) is 11.1 Å². The van der Waals surface area contributed by atoms with Crippen LogP contribution in [0.5, 0.6) is 0 Å². The van der Waals surface area contributed by atoms with Crippen LogP contribution in [0.15, 0.2) is 29.7 Å². The SMILES string of the molecule is Cc1ccc(-n2cnnc2SCCOCCO)c(C)c1. The fraction of sp³-hybridized carbons (Fsp3) is 0.429. The number of ether oxygens (including phenoxy) is 1. The first-order chi connectivity index (χ1) is 9.72. The molecule has 0 atom stereocenters. The van der Waals surface area contributed by atoms with E-state index in [9.17, 15) is 0 Å². The Labute approximate surface area is 123 Å². The van der Waals surface area contributed by atoms with Crippen molar-refractivity contribution in [2.75, 3.05) is 25.6 Å². The Morgan fingerprint density at radius 1 is 1.30 bits per heavy atom. The molecule has 6 heteroatoms. The zero-order valence-corrected chi connectivity index (χ0v) is 12.6. The Hall–Kier alpha value is -1.37. The first kappa shape index (κ1) is 15.0. The van der Waals surface area contributed by atoms with Crippen molar-refractivity contribution in [3.63, 3.8) is 0 Å². The molecule has 1 aromatic carbocycles. The van der Waals surface area contributed by atoms with Gasteiger partial charge >= 0.3 is 0 Å². The highest BCUT2D eigenvalue weighted by Gasteiger charge is 2.09. The van der Waals surface area contributed by atoms with E-state index >= 15 is 0 Å². The largest absolute Gasteiger partial charge is 0.394 e. The standard InChI is InChI=1S/C14H19N3O2S/c1-11-3-4-13(12(2)9-11)17-10-15-16-14(17)20-8-7-19-6-5-18/h3-4,9-10,18H,5-8H2,1-2H3. The van der Waals surface area contributed by atoms with Crippen molar-refractivity contribution >= 4 is 11.8 Å².